The van der Waals surface area contributed by atoms with Crippen LogP contribution in [0.2, 0.25) is 0 Å². The van der Waals surface area contributed by atoms with Crippen molar-refractivity contribution in [1.82, 2.24) is 15.0 Å². The molecule has 1 aromatic rings. The maximum atomic E-state index is 8.81. The van der Waals surface area contributed by atoms with Crippen LogP contribution < -0.4 is 0 Å². The molecule has 62 valence electrons. The third-order valence-corrected chi connectivity index (χ3v) is 1.58. The van der Waals surface area contributed by atoms with Crippen molar-refractivity contribution in [1.29, 1.82) is 0 Å². The number of unbranched alkanes of at least 4 members (excludes halogenated alkanes) is 1. The number of aliphatic hydroxyl groups is 1. The second-order valence-electron chi connectivity index (χ2n) is 2.46. The van der Waals surface area contributed by atoms with Crippen molar-refractivity contribution in [3.8, 4) is 0 Å². The first-order valence-electron chi connectivity index (χ1n) is 3.86. The fraction of sp³-hybridized carbons (Fsp3) is 0.714. The summed E-state index contributed by atoms with van der Waals surface area (Å²) in [5, 5.41) is 16.3. The van der Waals surface area contributed by atoms with Crippen molar-refractivity contribution in [2.75, 3.05) is 0 Å². The van der Waals surface area contributed by atoms with Gasteiger partial charge in [0.2, 0.25) is 0 Å². The topological polar surface area (TPSA) is 50.9 Å². The molecule has 11 heavy (non-hydrogen) atoms. The maximum absolute atomic E-state index is 8.81. The molecule has 1 N–H and O–H groups in total. The van der Waals surface area contributed by atoms with E-state index >= 15 is 0 Å². The minimum absolute atomic E-state index is 0.0245. The molecule has 0 aromatic carbocycles. The third kappa shape index (κ3) is 2.01. The average molecular weight is 155 g/mol. The fourth-order valence-electron chi connectivity index (χ4n) is 0.898. The Morgan fingerprint density at radius 2 is 2.45 bits per heavy atom. The highest BCUT2D eigenvalue weighted by atomic mass is 16.3. The Bertz CT molecular complexity index is 209. The van der Waals surface area contributed by atoms with Crippen molar-refractivity contribution >= 4 is 0 Å². The lowest BCUT2D eigenvalue weighted by molar-refractivity contribution is 0.267. The molecule has 0 saturated carbocycles. The lowest BCUT2D eigenvalue weighted by atomic mass is 10.3. The van der Waals surface area contributed by atoms with E-state index in [9.17, 15) is 0 Å². The summed E-state index contributed by atoms with van der Waals surface area (Å²) < 4.78 is 1.74. The van der Waals surface area contributed by atoms with E-state index in [1.807, 2.05) is 0 Å². The van der Waals surface area contributed by atoms with Gasteiger partial charge < -0.3 is 5.11 Å². The second kappa shape index (κ2) is 4.08. The summed E-state index contributed by atoms with van der Waals surface area (Å²) in [6, 6.07) is 0. The molecule has 4 nitrogen and oxygen atoms in total. The van der Waals surface area contributed by atoms with Gasteiger partial charge in [0.25, 0.3) is 0 Å². The van der Waals surface area contributed by atoms with Crippen LogP contribution in [0.5, 0.6) is 0 Å². The molecule has 4 heteroatoms. The predicted octanol–water partition coefficient (Wildman–Crippen LogP) is 0.571. The molecule has 0 atom stereocenters. The number of hydrogen-bond acceptors (Lipinski definition) is 3. The maximum Gasteiger partial charge on any atom is 0.0866 e. The molecule has 1 aromatic heterocycles. The Labute approximate surface area is 65.8 Å². The van der Waals surface area contributed by atoms with Crippen molar-refractivity contribution in [2.45, 2.75) is 32.9 Å². The van der Waals surface area contributed by atoms with Crippen LogP contribution in [0, 0.1) is 0 Å². The standard InChI is InChI=1S/C7H13N3O/c1-2-3-4-10-7(6-11)5-8-9-10/h5,11H,2-4,6H2,1H3. The number of rotatable bonds is 4. The molecule has 0 aliphatic rings. The van der Waals surface area contributed by atoms with Gasteiger partial charge in [-0.15, -0.1) is 5.10 Å². The number of nitrogens with zero attached hydrogens (tertiary/aromatic N) is 3. The summed E-state index contributed by atoms with van der Waals surface area (Å²) in [4.78, 5) is 0. The Hall–Kier alpha value is -0.900. The van der Waals surface area contributed by atoms with Gasteiger partial charge in [-0.25, -0.2) is 4.68 Å². The highest BCUT2D eigenvalue weighted by Crippen LogP contribution is 1.98. The van der Waals surface area contributed by atoms with Gasteiger partial charge in [-0.1, -0.05) is 18.6 Å². The quantitative estimate of drug-likeness (QED) is 0.691. The third-order valence-electron chi connectivity index (χ3n) is 1.58. The molecule has 1 heterocycles. The number of aliphatic hydroxyl groups excluding tert-OH is 1. The SMILES string of the molecule is CCCCn1nncc1CO. The van der Waals surface area contributed by atoms with Gasteiger partial charge >= 0.3 is 0 Å². The monoisotopic (exact) mass is 155 g/mol. The lowest BCUT2D eigenvalue weighted by Gasteiger charge is -2.00. The van der Waals surface area contributed by atoms with Crippen LogP contribution in [0.3, 0.4) is 0 Å². The van der Waals surface area contributed by atoms with Crippen LogP contribution in [0.1, 0.15) is 25.5 Å². The molecule has 0 saturated heterocycles. The van der Waals surface area contributed by atoms with Crippen LogP contribution in [0.15, 0.2) is 6.20 Å². The van der Waals surface area contributed by atoms with E-state index in [2.05, 4.69) is 17.2 Å². The summed E-state index contributed by atoms with van der Waals surface area (Å²) >= 11 is 0. The van der Waals surface area contributed by atoms with Crippen LogP contribution in [-0.4, -0.2) is 20.1 Å². The largest absolute Gasteiger partial charge is 0.390 e. The number of hydrogen-bond donors (Lipinski definition) is 1. The van der Waals surface area contributed by atoms with Gasteiger partial charge in [-0.3, -0.25) is 0 Å². The van der Waals surface area contributed by atoms with E-state index in [0.29, 0.717) is 0 Å². The molecule has 0 fully saturated rings. The second-order valence-corrected chi connectivity index (χ2v) is 2.46. The smallest absolute Gasteiger partial charge is 0.0866 e. The van der Waals surface area contributed by atoms with Crippen LogP contribution in [0.4, 0.5) is 0 Å². The van der Waals surface area contributed by atoms with Crippen LogP contribution >= 0.6 is 0 Å². The van der Waals surface area contributed by atoms with E-state index in [1.54, 1.807) is 10.9 Å². The molecule has 0 amide bonds. The zero-order valence-electron chi connectivity index (χ0n) is 6.69. The van der Waals surface area contributed by atoms with Crippen LogP contribution in [0.25, 0.3) is 0 Å². The van der Waals surface area contributed by atoms with E-state index in [4.69, 9.17) is 5.11 Å². The molecular formula is C7H13N3O. The summed E-state index contributed by atoms with van der Waals surface area (Å²) in [5.74, 6) is 0. The molecule has 0 unspecified atom stereocenters. The highest BCUT2D eigenvalue weighted by Gasteiger charge is 1.99. The minimum Gasteiger partial charge on any atom is -0.390 e. The number of aromatic nitrogens is 3. The zero-order chi connectivity index (χ0) is 8.10. The molecule has 0 aliphatic heterocycles. The first kappa shape index (κ1) is 8.20. The van der Waals surface area contributed by atoms with Crippen molar-refractivity contribution < 1.29 is 5.11 Å². The molecule has 0 bridgehead atoms. The van der Waals surface area contributed by atoms with Gasteiger partial charge in [0.05, 0.1) is 18.5 Å². The molecule has 0 spiro atoms. The molecular weight excluding hydrogens is 142 g/mol. The average Bonchev–Trinajstić information content (AvgIpc) is 2.47. The first-order chi connectivity index (χ1) is 5.38. The van der Waals surface area contributed by atoms with E-state index in [1.165, 1.54) is 0 Å². The summed E-state index contributed by atoms with van der Waals surface area (Å²) in [5.41, 5.74) is 0.790. The van der Waals surface area contributed by atoms with Gasteiger partial charge in [-0.05, 0) is 6.42 Å². The van der Waals surface area contributed by atoms with E-state index in [0.717, 1.165) is 25.1 Å². The Kier molecular flexibility index (Phi) is 3.04. The summed E-state index contributed by atoms with van der Waals surface area (Å²) in [6.45, 7) is 3.00. The van der Waals surface area contributed by atoms with Gasteiger partial charge in [0.15, 0.2) is 0 Å². The van der Waals surface area contributed by atoms with Crippen molar-refractivity contribution in [3.63, 3.8) is 0 Å². The normalized spacial score (nSPS) is 10.4. The van der Waals surface area contributed by atoms with Gasteiger partial charge in [0, 0.05) is 6.54 Å². The highest BCUT2D eigenvalue weighted by molar-refractivity contribution is 4.90. The summed E-state index contributed by atoms with van der Waals surface area (Å²) in [6.07, 6.45) is 3.80. The lowest BCUT2D eigenvalue weighted by Crippen LogP contribution is -2.04. The first-order valence-corrected chi connectivity index (χ1v) is 3.86. The Morgan fingerprint density at radius 1 is 1.64 bits per heavy atom. The van der Waals surface area contributed by atoms with Gasteiger partial charge in [0.1, 0.15) is 0 Å². The summed E-state index contributed by atoms with van der Waals surface area (Å²) in [7, 11) is 0. The van der Waals surface area contributed by atoms with Crippen molar-refractivity contribution in [2.24, 2.45) is 0 Å². The van der Waals surface area contributed by atoms with Crippen molar-refractivity contribution in [3.05, 3.63) is 11.9 Å². The van der Waals surface area contributed by atoms with E-state index in [-0.39, 0.29) is 6.61 Å². The Balaban J connectivity index is 2.54. The fourth-order valence-corrected chi connectivity index (χ4v) is 0.898. The molecule has 0 radical (unpaired) electrons. The predicted molar refractivity (Wildman–Crippen MR) is 40.9 cm³/mol. The molecule has 0 aliphatic carbocycles. The van der Waals surface area contributed by atoms with Gasteiger partial charge in [-0.2, -0.15) is 0 Å². The van der Waals surface area contributed by atoms with Crippen LogP contribution in [-0.2, 0) is 13.2 Å². The van der Waals surface area contributed by atoms with E-state index < -0.39 is 0 Å². The zero-order valence-corrected chi connectivity index (χ0v) is 6.69. The number of aryl methyl sites for hydroxylation is 1. The minimum atomic E-state index is 0.0245. The molecule has 1 rings (SSSR count). The Morgan fingerprint density at radius 3 is 3.09 bits per heavy atom.